The lowest BCUT2D eigenvalue weighted by atomic mass is 9.84. The second-order valence-corrected chi connectivity index (χ2v) is 6.39. The van der Waals surface area contributed by atoms with Gasteiger partial charge in [-0.05, 0) is 17.4 Å². The molecule has 4 N–H and O–H groups in total. The van der Waals surface area contributed by atoms with Crippen molar-refractivity contribution in [1.29, 1.82) is 0 Å². The maximum Gasteiger partial charge on any atom is 0.330 e. The molecule has 0 bridgehead atoms. The topological polar surface area (TPSA) is 92.4 Å². The molecule has 1 rings (SSSR count). The Morgan fingerprint density at radius 2 is 1.81 bits per heavy atom. The van der Waals surface area contributed by atoms with Gasteiger partial charge in [-0.3, -0.25) is 4.79 Å². The van der Waals surface area contributed by atoms with Gasteiger partial charge in [0.2, 0.25) is 5.91 Å². The Balaban J connectivity index is 2.84. The molecule has 116 valence electrons. The summed E-state index contributed by atoms with van der Waals surface area (Å²) in [4.78, 5) is 23.7. The van der Waals surface area contributed by atoms with E-state index in [9.17, 15) is 14.7 Å². The fourth-order valence-corrected chi connectivity index (χ4v) is 2.22. The lowest BCUT2D eigenvalue weighted by Crippen LogP contribution is -2.41. The summed E-state index contributed by atoms with van der Waals surface area (Å²) in [6, 6.07) is 7.60. The van der Waals surface area contributed by atoms with Crippen LogP contribution in [0.2, 0.25) is 0 Å². The molecule has 1 aromatic rings. The first kappa shape index (κ1) is 17.2. The van der Waals surface area contributed by atoms with Crippen LogP contribution in [0, 0.1) is 11.3 Å². The van der Waals surface area contributed by atoms with Gasteiger partial charge in [0.05, 0.1) is 5.92 Å². The fourth-order valence-electron chi connectivity index (χ4n) is 2.22. The molecule has 5 nitrogen and oxygen atoms in total. The Labute approximate surface area is 125 Å². The zero-order valence-corrected chi connectivity index (χ0v) is 12.8. The Kier molecular flexibility index (Phi) is 5.90. The standard InChI is InChI=1S/C16H24N2O3/c1-16(2,3)9-12(10-17)14(19)18-13(15(20)21)11-7-5-4-6-8-11/h4-8,12-13H,9-10,17H2,1-3H3,(H,18,19)(H,20,21). The van der Waals surface area contributed by atoms with Gasteiger partial charge in [0, 0.05) is 6.54 Å². The van der Waals surface area contributed by atoms with E-state index in [0.29, 0.717) is 12.0 Å². The summed E-state index contributed by atoms with van der Waals surface area (Å²) in [6.45, 7) is 6.27. The van der Waals surface area contributed by atoms with E-state index in [1.165, 1.54) is 0 Å². The van der Waals surface area contributed by atoms with E-state index < -0.39 is 17.9 Å². The Morgan fingerprint density at radius 3 is 2.24 bits per heavy atom. The van der Waals surface area contributed by atoms with Gasteiger partial charge in [0.25, 0.3) is 0 Å². The van der Waals surface area contributed by atoms with Gasteiger partial charge in [-0.15, -0.1) is 0 Å². The van der Waals surface area contributed by atoms with Gasteiger partial charge < -0.3 is 16.2 Å². The van der Waals surface area contributed by atoms with Gasteiger partial charge in [-0.25, -0.2) is 4.79 Å². The van der Waals surface area contributed by atoms with Crippen molar-refractivity contribution in [2.75, 3.05) is 6.54 Å². The van der Waals surface area contributed by atoms with Crippen molar-refractivity contribution in [2.45, 2.75) is 33.2 Å². The number of amides is 1. The van der Waals surface area contributed by atoms with Crippen LogP contribution in [-0.4, -0.2) is 23.5 Å². The molecule has 0 saturated carbocycles. The van der Waals surface area contributed by atoms with Crippen LogP contribution in [0.3, 0.4) is 0 Å². The number of hydrogen-bond donors (Lipinski definition) is 3. The highest BCUT2D eigenvalue weighted by molar-refractivity contribution is 5.86. The van der Waals surface area contributed by atoms with Crippen molar-refractivity contribution in [3.8, 4) is 0 Å². The van der Waals surface area contributed by atoms with Gasteiger partial charge in [-0.1, -0.05) is 51.1 Å². The molecular formula is C16H24N2O3. The Morgan fingerprint density at radius 1 is 1.24 bits per heavy atom. The normalized spacial score (nSPS) is 14.3. The third-order valence-electron chi connectivity index (χ3n) is 3.18. The van der Waals surface area contributed by atoms with Crippen LogP contribution < -0.4 is 11.1 Å². The third kappa shape index (κ3) is 5.55. The number of aliphatic carboxylic acids is 1. The van der Waals surface area contributed by atoms with E-state index in [1.54, 1.807) is 30.3 Å². The van der Waals surface area contributed by atoms with Crippen LogP contribution in [0.4, 0.5) is 0 Å². The van der Waals surface area contributed by atoms with Crippen molar-refractivity contribution < 1.29 is 14.7 Å². The number of carbonyl (C=O) groups excluding carboxylic acids is 1. The fraction of sp³-hybridized carbons (Fsp3) is 0.500. The molecule has 2 unspecified atom stereocenters. The van der Waals surface area contributed by atoms with E-state index in [-0.39, 0.29) is 17.9 Å². The van der Waals surface area contributed by atoms with E-state index in [2.05, 4.69) is 5.32 Å². The molecule has 0 heterocycles. The number of carboxylic acids is 1. The number of carbonyl (C=O) groups is 2. The average Bonchev–Trinajstić information content (AvgIpc) is 2.41. The molecule has 1 amide bonds. The first-order valence-electron chi connectivity index (χ1n) is 7.03. The highest BCUT2D eigenvalue weighted by atomic mass is 16.4. The number of nitrogens with one attached hydrogen (secondary N) is 1. The number of rotatable bonds is 6. The molecule has 0 fully saturated rings. The maximum absolute atomic E-state index is 12.3. The SMILES string of the molecule is CC(C)(C)CC(CN)C(=O)NC(C(=O)O)c1ccccc1. The molecule has 0 saturated heterocycles. The van der Waals surface area contributed by atoms with Crippen LogP contribution in [0.5, 0.6) is 0 Å². The first-order chi connectivity index (χ1) is 9.74. The lowest BCUT2D eigenvalue weighted by molar-refractivity contribution is -0.142. The van der Waals surface area contributed by atoms with Crippen molar-refractivity contribution in [3.63, 3.8) is 0 Å². The van der Waals surface area contributed by atoms with E-state index in [1.807, 2.05) is 20.8 Å². The van der Waals surface area contributed by atoms with Crippen molar-refractivity contribution in [3.05, 3.63) is 35.9 Å². The summed E-state index contributed by atoms with van der Waals surface area (Å²) in [5, 5.41) is 11.9. The second kappa shape index (κ2) is 7.22. The summed E-state index contributed by atoms with van der Waals surface area (Å²) in [5.74, 6) is -1.79. The van der Waals surface area contributed by atoms with Crippen molar-refractivity contribution in [2.24, 2.45) is 17.1 Å². The minimum Gasteiger partial charge on any atom is -0.479 e. The van der Waals surface area contributed by atoms with E-state index in [0.717, 1.165) is 0 Å². The second-order valence-electron chi connectivity index (χ2n) is 6.39. The molecular weight excluding hydrogens is 268 g/mol. The zero-order valence-electron chi connectivity index (χ0n) is 12.8. The van der Waals surface area contributed by atoms with Crippen LogP contribution in [0.1, 0.15) is 38.8 Å². The zero-order chi connectivity index (χ0) is 16.0. The smallest absolute Gasteiger partial charge is 0.330 e. The Hall–Kier alpha value is -1.88. The molecule has 1 aromatic carbocycles. The number of carboxylic acid groups (broad SMARTS) is 1. The molecule has 0 aromatic heterocycles. The van der Waals surface area contributed by atoms with E-state index in [4.69, 9.17) is 5.73 Å². The summed E-state index contributed by atoms with van der Waals surface area (Å²) in [5.41, 5.74) is 6.16. The van der Waals surface area contributed by atoms with E-state index >= 15 is 0 Å². The number of nitrogens with two attached hydrogens (primary N) is 1. The number of hydrogen-bond acceptors (Lipinski definition) is 3. The quantitative estimate of drug-likeness (QED) is 0.747. The van der Waals surface area contributed by atoms with Crippen LogP contribution in [0.15, 0.2) is 30.3 Å². The highest BCUT2D eigenvalue weighted by Gasteiger charge is 2.28. The first-order valence-corrected chi connectivity index (χ1v) is 7.03. The van der Waals surface area contributed by atoms with Crippen LogP contribution in [-0.2, 0) is 9.59 Å². The van der Waals surface area contributed by atoms with Crippen molar-refractivity contribution in [1.82, 2.24) is 5.32 Å². The van der Waals surface area contributed by atoms with Gasteiger partial charge in [0.1, 0.15) is 0 Å². The summed E-state index contributed by atoms with van der Waals surface area (Å²) >= 11 is 0. The maximum atomic E-state index is 12.3. The molecule has 0 radical (unpaired) electrons. The lowest BCUT2D eigenvalue weighted by Gasteiger charge is -2.25. The third-order valence-corrected chi connectivity index (χ3v) is 3.18. The van der Waals surface area contributed by atoms with Crippen molar-refractivity contribution >= 4 is 11.9 Å². The molecule has 2 atom stereocenters. The Bertz CT molecular complexity index is 480. The van der Waals surface area contributed by atoms with Gasteiger partial charge in [0.15, 0.2) is 6.04 Å². The largest absolute Gasteiger partial charge is 0.479 e. The number of benzene rings is 1. The van der Waals surface area contributed by atoms with Gasteiger partial charge >= 0.3 is 5.97 Å². The molecule has 21 heavy (non-hydrogen) atoms. The predicted octanol–water partition coefficient (Wildman–Crippen LogP) is 1.94. The molecule has 5 heteroatoms. The predicted molar refractivity (Wildman–Crippen MR) is 81.6 cm³/mol. The summed E-state index contributed by atoms with van der Waals surface area (Å²) in [7, 11) is 0. The minimum atomic E-state index is -1.08. The molecule has 0 aliphatic carbocycles. The average molecular weight is 292 g/mol. The summed E-state index contributed by atoms with van der Waals surface area (Å²) < 4.78 is 0. The van der Waals surface area contributed by atoms with Crippen LogP contribution >= 0.6 is 0 Å². The molecule has 0 spiro atoms. The molecule has 0 aliphatic rings. The minimum absolute atomic E-state index is 0.0488. The van der Waals surface area contributed by atoms with Gasteiger partial charge in [-0.2, -0.15) is 0 Å². The molecule has 0 aliphatic heterocycles. The van der Waals surface area contributed by atoms with Crippen LogP contribution in [0.25, 0.3) is 0 Å². The summed E-state index contributed by atoms with van der Waals surface area (Å²) in [6.07, 6.45) is 0.608. The highest BCUT2D eigenvalue weighted by Crippen LogP contribution is 2.24. The monoisotopic (exact) mass is 292 g/mol.